The quantitative estimate of drug-likeness (QED) is 0.881. The smallest absolute Gasteiger partial charge is 0.138 e. The lowest BCUT2D eigenvalue weighted by Crippen LogP contribution is -2.07. The third-order valence-electron chi connectivity index (χ3n) is 3.15. The number of aryl methyl sites for hydroxylation is 2. The van der Waals surface area contributed by atoms with E-state index in [0.29, 0.717) is 6.61 Å². The Morgan fingerprint density at radius 3 is 2.74 bits per heavy atom. The minimum absolute atomic E-state index is 0.655. The predicted octanol–water partition coefficient (Wildman–Crippen LogP) is 3.32. The molecule has 0 aliphatic heterocycles. The van der Waals surface area contributed by atoms with Crippen LogP contribution in [-0.2, 0) is 11.2 Å². The molecular formula is C14H21N3OS. The Labute approximate surface area is 118 Å². The van der Waals surface area contributed by atoms with Gasteiger partial charge in [0.05, 0.1) is 12.0 Å². The number of nitrogens with one attached hydrogen (secondary N) is 1. The first-order valence-corrected chi connectivity index (χ1v) is 7.48. The summed E-state index contributed by atoms with van der Waals surface area (Å²) in [6, 6.07) is 0. The third-order valence-corrected chi connectivity index (χ3v) is 4.25. The molecule has 0 aliphatic carbocycles. The third kappa shape index (κ3) is 3.04. The second kappa shape index (κ2) is 6.30. The molecule has 2 aromatic heterocycles. The summed E-state index contributed by atoms with van der Waals surface area (Å²) in [6.07, 6.45) is 1.84. The molecule has 0 atom stereocenters. The lowest BCUT2D eigenvalue weighted by Gasteiger charge is -2.08. The summed E-state index contributed by atoms with van der Waals surface area (Å²) < 4.78 is 5.11. The standard InChI is InChI=1S/C14H21N3OS/c1-5-7-15-13-12-9(2)10(3)19-14(12)17-11(16-13)6-8-18-4/h5-8H2,1-4H3,(H,15,16,17). The highest BCUT2D eigenvalue weighted by Crippen LogP contribution is 2.33. The predicted molar refractivity (Wildman–Crippen MR) is 81.2 cm³/mol. The molecule has 0 unspecified atom stereocenters. The monoisotopic (exact) mass is 279 g/mol. The molecule has 0 radical (unpaired) electrons. The Morgan fingerprint density at radius 2 is 2.05 bits per heavy atom. The highest BCUT2D eigenvalue weighted by molar-refractivity contribution is 7.18. The number of nitrogens with zero attached hydrogens (tertiary/aromatic N) is 2. The Bertz CT molecular complexity index is 565. The molecule has 5 heteroatoms. The Morgan fingerprint density at radius 1 is 1.26 bits per heavy atom. The Hall–Kier alpha value is -1.20. The number of aromatic nitrogens is 2. The molecule has 0 fully saturated rings. The first kappa shape index (κ1) is 14.2. The van der Waals surface area contributed by atoms with Crippen LogP contribution < -0.4 is 5.32 Å². The van der Waals surface area contributed by atoms with Crippen LogP contribution in [0.25, 0.3) is 10.2 Å². The molecule has 0 bridgehead atoms. The van der Waals surface area contributed by atoms with Crippen LogP contribution >= 0.6 is 11.3 Å². The van der Waals surface area contributed by atoms with Crippen LogP contribution in [-0.4, -0.2) is 30.2 Å². The van der Waals surface area contributed by atoms with Crippen LogP contribution in [0.4, 0.5) is 5.82 Å². The SMILES string of the molecule is CCCNc1nc(CCOC)nc2sc(C)c(C)c12. The summed E-state index contributed by atoms with van der Waals surface area (Å²) in [5.41, 5.74) is 1.29. The van der Waals surface area contributed by atoms with Gasteiger partial charge in [-0.2, -0.15) is 0 Å². The van der Waals surface area contributed by atoms with Crippen molar-refractivity contribution in [1.29, 1.82) is 0 Å². The van der Waals surface area contributed by atoms with Crippen LogP contribution in [0.2, 0.25) is 0 Å². The molecule has 1 N–H and O–H groups in total. The summed E-state index contributed by atoms with van der Waals surface area (Å²) in [4.78, 5) is 11.7. The topological polar surface area (TPSA) is 47.0 Å². The van der Waals surface area contributed by atoms with Crippen LogP contribution in [0.5, 0.6) is 0 Å². The molecule has 104 valence electrons. The van der Waals surface area contributed by atoms with Crippen molar-refractivity contribution in [2.75, 3.05) is 25.6 Å². The molecule has 0 aromatic carbocycles. The van der Waals surface area contributed by atoms with E-state index in [4.69, 9.17) is 4.74 Å². The van der Waals surface area contributed by atoms with Crippen molar-refractivity contribution in [3.63, 3.8) is 0 Å². The molecule has 2 aromatic rings. The average molecular weight is 279 g/mol. The summed E-state index contributed by atoms with van der Waals surface area (Å²) in [5.74, 6) is 1.83. The van der Waals surface area contributed by atoms with E-state index in [9.17, 15) is 0 Å². The molecule has 2 heterocycles. The van der Waals surface area contributed by atoms with E-state index in [1.165, 1.54) is 15.8 Å². The lowest BCUT2D eigenvalue weighted by molar-refractivity contribution is 0.200. The van der Waals surface area contributed by atoms with Crippen molar-refractivity contribution < 1.29 is 4.74 Å². The maximum atomic E-state index is 5.11. The van der Waals surface area contributed by atoms with Crippen LogP contribution in [0.1, 0.15) is 29.6 Å². The van der Waals surface area contributed by atoms with Gasteiger partial charge in [0, 0.05) is 25.0 Å². The molecule has 4 nitrogen and oxygen atoms in total. The van der Waals surface area contributed by atoms with Gasteiger partial charge >= 0.3 is 0 Å². The van der Waals surface area contributed by atoms with Crippen LogP contribution in [0.15, 0.2) is 0 Å². The van der Waals surface area contributed by atoms with Gasteiger partial charge in [-0.05, 0) is 25.8 Å². The minimum atomic E-state index is 0.655. The zero-order valence-corrected chi connectivity index (χ0v) is 12.9. The number of anilines is 1. The van der Waals surface area contributed by atoms with Gasteiger partial charge in [0.25, 0.3) is 0 Å². The first-order valence-electron chi connectivity index (χ1n) is 6.66. The molecule has 0 amide bonds. The molecule has 0 aliphatic rings. The van der Waals surface area contributed by atoms with Gasteiger partial charge in [-0.3, -0.25) is 0 Å². The van der Waals surface area contributed by atoms with E-state index >= 15 is 0 Å². The fourth-order valence-electron chi connectivity index (χ4n) is 1.97. The normalized spacial score (nSPS) is 11.2. The number of ether oxygens (including phenoxy) is 1. The number of thiophene rings is 1. The largest absolute Gasteiger partial charge is 0.384 e. The van der Waals surface area contributed by atoms with E-state index < -0.39 is 0 Å². The van der Waals surface area contributed by atoms with Crippen molar-refractivity contribution in [3.8, 4) is 0 Å². The van der Waals surface area contributed by atoms with Gasteiger partial charge in [-0.1, -0.05) is 6.92 Å². The lowest BCUT2D eigenvalue weighted by atomic mass is 10.2. The van der Waals surface area contributed by atoms with Crippen molar-refractivity contribution >= 4 is 27.4 Å². The number of methoxy groups -OCH3 is 1. The number of hydrogen-bond acceptors (Lipinski definition) is 5. The number of hydrogen-bond donors (Lipinski definition) is 1. The molecule has 0 saturated heterocycles. The van der Waals surface area contributed by atoms with E-state index in [1.807, 2.05) is 0 Å². The fraction of sp³-hybridized carbons (Fsp3) is 0.571. The van der Waals surface area contributed by atoms with Gasteiger partial charge in [0.2, 0.25) is 0 Å². The maximum absolute atomic E-state index is 5.11. The Balaban J connectivity index is 2.46. The number of fused-ring (bicyclic) bond motifs is 1. The van der Waals surface area contributed by atoms with Crippen molar-refractivity contribution in [2.45, 2.75) is 33.6 Å². The molecular weight excluding hydrogens is 258 g/mol. The summed E-state index contributed by atoms with van der Waals surface area (Å²) in [6.45, 7) is 8.03. The van der Waals surface area contributed by atoms with E-state index in [2.05, 4.69) is 36.1 Å². The number of rotatable bonds is 6. The molecule has 2 rings (SSSR count). The van der Waals surface area contributed by atoms with Gasteiger partial charge in [0.15, 0.2) is 0 Å². The van der Waals surface area contributed by atoms with Gasteiger partial charge in [0.1, 0.15) is 16.5 Å². The average Bonchev–Trinajstić information content (AvgIpc) is 2.69. The maximum Gasteiger partial charge on any atom is 0.138 e. The zero-order valence-electron chi connectivity index (χ0n) is 12.0. The van der Waals surface area contributed by atoms with E-state index in [1.54, 1.807) is 18.4 Å². The van der Waals surface area contributed by atoms with Crippen molar-refractivity contribution in [1.82, 2.24) is 9.97 Å². The van der Waals surface area contributed by atoms with Crippen molar-refractivity contribution in [2.24, 2.45) is 0 Å². The molecule has 0 spiro atoms. The van der Waals surface area contributed by atoms with Crippen LogP contribution in [0, 0.1) is 13.8 Å². The van der Waals surface area contributed by atoms with E-state index in [-0.39, 0.29) is 0 Å². The zero-order chi connectivity index (χ0) is 13.8. The van der Waals surface area contributed by atoms with Gasteiger partial charge < -0.3 is 10.1 Å². The minimum Gasteiger partial charge on any atom is -0.384 e. The Kier molecular flexibility index (Phi) is 4.71. The van der Waals surface area contributed by atoms with E-state index in [0.717, 1.165) is 35.9 Å². The molecule has 19 heavy (non-hydrogen) atoms. The first-order chi connectivity index (χ1) is 9.17. The summed E-state index contributed by atoms with van der Waals surface area (Å²) >= 11 is 1.74. The van der Waals surface area contributed by atoms with Gasteiger partial charge in [-0.15, -0.1) is 11.3 Å². The fourth-order valence-corrected chi connectivity index (χ4v) is 3.02. The van der Waals surface area contributed by atoms with Crippen LogP contribution in [0.3, 0.4) is 0 Å². The highest BCUT2D eigenvalue weighted by atomic mass is 32.1. The summed E-state index contributed by atoms with van der Waals surface area (Å²) in [5, 5.41) is 4.60. The summed E-state index contributed by atoms with van der Waals surface area (Å²) in [7, 11) is 1.70. The van der Waals surface area contributed by atoms with Crippen molar-refractivity contribution in [3.05, 3.63) is 16.3 Å². The molecule has 0 saturated carbocycles. The second-order valence-corrected chi connectivity index (χ2v) is 5.82. The van der Waals surface area contributed by atoms with Gasteiger partial charge in [-0.25, -0.2) is 9.97 Å². The second-order valence-electron chi connectivity index (χ2n) is 4.62. The highest BCUT2D eigenvalue weighted by Gasteiger charge is 2.14.